The molecule has 0 amide bonds. The van der Waals surface area contributed by atoms with E-state index >= 15 is 0 Å². The Morgan fingerprint density at radius 3 is 2.56 bits per heavy atom. The highest BCUT2D eigenvalue weighted by Crippen LogP contribution is 2.17. The van der Waals surface area contributed by atoms with Gasteiger partial charge in [-0.15, -0.1) is 0 Å². The van der Waals surface area contributed by atoms with Crippen molar-refractivity contribution in [3.05, 3.63) is 35.4 Å². The Bertz CT molecular complexity index is 293. The van der Waals surface area contributed by atoms with Crippen molar-refractivity contribution in [2.45, 2.75) is 46.0 Å². The molecule has 0 radical (unpaired) electrons. The van der Waals surface area contributed by atoms with Crippen LogP contribution in [0, 0.1) is 12.8 Å². The molecule has 0 aromatic heterocycles. The molecule has 0 heterocycles. The van der Waals surface area contributed by atoms with Crippen molar-refractivity contribution in [1.82, 2.24) is 0 Å². The molecule has 16 heavy (non-hydrogen) atoms. The number of aliphatic hydroxyl groups excluding tert-OH is 1. The molecule has 0 aliphatic carbocycles. The van der Waals surface area contributed by atoms with E-state index in [9.17, 15) is 5.11 Å². The van der Waals surface area contributed by atoms with Crippen molar-refractivity contribution in [1.29, 1.82) is 0 Å². The van der Waals surface area contributed by atoms with Crippen LogP contribution in [0.1, 0.15) is 43.7 Å². The lowest BCUT2D eigenvalue weighted by molar-refractivity contribution is 0.215. The Kier molecular flexibility index (Phi) is 6.17. The average molecular weight is 220 g/mol. The zero-order valence-electron chi connectivity index (χ0n) is 10.6. The number of aliphatic hydroxyl groups is 1. The van der Waals surface area contributed by atoms with E-state index in [0.29, 0.717) is 12.5 Å². The van der Waals surface area contributed by atoms with Gasteiger partial charge in [0.2, 0.25) is 0 Å². The molecule has 0 spiro atoms. The summed E-state index contributed by atoms with van der Waals surface area (Å²) in [5, 5.41) is 9.38. The second-order valence-electron chi connectivity index (χ2n) is 4.67. The molecule has 1 unspecified atom stereocenters. The van der Waals surface area contributed by atoms with E-state index in [-0.39, 0.29) is 0 Å². The van der Waals surface area contributed by atoms with Gasteiger partial charge in [-0.1, -0.05) is 50.5 Å². The van der Waals surface area contributed by atoms with Gasteiger partial charge >= 0.3 is 0 Å². The van der Waals surface area contributed by atoms with Crippen LogP contribution in [0.15, 0.2) is 24.3 Å². The predicted octanol–water partition coefficient (Wildman–Crippen LogP) is 3.73. The highest BCUT2D eigenvalue weighted by Gasteiger charge is 2.09. The smallest absolute Gasteiger partial charge is 0.0462 e. The lowest BCUT2D eigenvalue weighted by Gasteiger charge is -2.15. The summed E-state index contributed by atoms with van der Waals surface area (Å²) in [4.78, 5) is 0. The summed E-state index contributed by atoms with van der Waals surface area (Å²) in [6.45, 7) is 4.68. The van der Waals surface area contributed by atoms with Crippen LogP contribution in [0.25, 0.3) is 0 Å². The van der Waals surface area contributed by atoms with Gasteiger partial charge < -0.3 is 5.11 Å². The van der Waals surface area contributed by atoms with Gasteiger partial charge in [0.25, 0.3) is 0 Å². The first kappa shape index (κ1) is 13.2. The zero-order valence-corrected chi connectivity index (χ0v) is 10.6. The predicted molar refractivity (Wildman–Crippen MR) is 69.6 cm³/mol. The molecule has 0 bridgehead atoms. The Hall–Kier alpha value is -0.820. The monoisotopic (exact) mass is 220 g/mol. The topological polar surface area (TPSA) is 20.2 Å². The van der Waals surface area contributed by atoms with Crippen molar-refractivity contribution in [2.75, 3.05) is 6.61 Å². The van der Waals surface area contributed by atoms with Crippen LogP contribution in [0.5, 0.6) is 0 Å². The summed E-state index contributed by atoms with van der Waals surface area (Å²) < 4.78 is 0. The second kappa shape index (κ2) is 7.45. The van der Waals surface area contributed by atoms with E-state index in [0.717, 1.165) is 12.8 Å². The molecule has 1 N–H and O–H groups in total. The SMILES string of the molecule is CCCCCC(CO)Cc1ccccc1C. The van der Waals surface area contributed by atoms with Crippen molar-refractivity contribution in [3.8, 4) is 0 Å². The van der Waals surface area contributed by atoms with Gasteiger partial charge in [0, 0.05) is 6.61 Å². The minimum absolute atomic E-state index is 0.318. The summed E-state index contributed by atoms with van der Waals surface area (Å²) >= 11 is 0. The number of hydrogen-bond acceptors (Lipinski definition) is 1. The first-order valence-electron chi connectivity index (χ1n) is 6.43. The molecule has 1 heteroatoms. The first-order valence-corrected chi connectivity index (χ1v) is 6.43. The van der Waals surface area contributed by atoms with Crippen LogP contribution < -0.4 is 0 Å². The summed E-state index contributed by atoms with van der Waals surface area (Å²) in [5.74, 6) is 0.438. The first-order chi connectivity index (χ1) is 7.77. The normalized spacial score (nSPS) is 12.7. The van der Waals surface area contributed by atoms with Crippen LogP contribution in [0.4, 0.5) is 0 Å². The Balaban J connectivity index is 2.46. The van der Waals surface area contributed by atoms with Gasteiger partial charge in [-0.2, -0.15) is 0 Å². The maximum absolute atomic E-state index is 9.38. The third-order valence-corrected chi connectivity index (χ3v) is 3.24. The van der Waals surface area contributed by atoms with Crippen molar-refractivity contribution in [3.63, 3.8) is 0 Å². The van der Waals surface area contributed by atoms with Crippen LogP contribution in [-0.2, 0) is 6.42 Å². The van der Waals surface area contributed by atoms with E-state index in [1.807, 2.05) is 0 Å². The third-order valence-electron chi connectivity index (χ3n) is 3.24. The van der Waals surface area contributed by atoms with Crippen LogP contribution >= 0.6 is 0 Å². The summed E-state index contributed by atoms with van der Waals surface area (Å²) in [7, 11) is 0. The number of benzene rings is 1. The van der Waals surface area contributed by atoms with Crippen molar-refractivity contribution in [2.24, 2.45) is 5.92 Å². The van der Waals surface area contributed by atoms with E-state index in [4.69, 9.17) is 0 Å². The highest BCUT2D eigenvalue weighted by atomic mass is 16.3. The molecule has 90 valence electrons. The maximum atomic E-state index is 9.38. The van der Waals surface area contributed by atoms with Gasteiger partial charge in [0.1, 0.15) is 0 Å². The van der Waals surface area contributed by atoms with Gasteiger partial charge in [-0.25, -0.2) is 0 Å². The van der Waals surface area contributed by atoms with Crippen molar-refractivity contribution >= 4 is 0 Å². The zero-order chi connectivity index (χ0) is 11.8. The van der Waals surface area contributed by atoms with Crippen LogP contribution in [0.2, 0.25) is 0 Å². The molecule has 0 aliphatic rings. The number of rotatable bonds is 7. The molecule has 0 fully saturated rings. The quantitative estimate of drug-likeness (QED) is 0.694. The van der Waals surface area contributed by atoms with Gasteiger partial charge in [0.05, 0.1) is 0 Å². The average Bonchev–Trinajstić information content (AvgIpc) is 2.30. The second-order valence-corrected chi connectivity index (χ2v) is 4.67. The van der Waals surface area contributed by atoms with Crippen LogP contribution in [0.3, 0.4) is 0 Å². The van der Waals surface area contributed by atoms with Gasteiger partial charge in [0.15, 0.2) is 0 Å². The fourth-order valence-electron chi connectivity index (χ4n) is 2.09. The summed E-state index contributed by atoms with van der Waals surface area (Å²) in [6.07, 6.45) is 5.95. The number of aryl methyl sites for hydroxylation is 1. The van der Waals surface area contributed by atoms with Gasteiger partial charge in [-0.3, -0.25) is 0 Å². The lowest BCUT2D eigenvalue weighted by atomic mass is 9.92. The highest BCUT2D eigenvalue weighted by molar-refractivity contribution is 5.25. The molecule has 1 aromatic carbocycles. The van der Waals surface area contributed by atoms with E-state index < -0.39 is 0 Å². The molecular formula is C15H24O. The molecular weight excluding hydrogens is 196 g/mol. The molecule has 1 aromatic rings. The molecule has 0 aliphatic heterocycles. The Morgan fingerprint density at radius 2 is 1.94 bits per heavy atom. The molecule has 1 rings (SSSR count). The third kappa shape index (κ3) is 4.36. The summed E-state index contributed by atoms with van der Waals surface area (Å²) in [5.41, 5.74) is 2.73. The van der Waals surface area contributed by atoms with E-state index in [1.54, 1.807) is 0 Å². The van der Waals surface area contributed by atoms with Crippen LogP contribution in [-0.4, -0.2) is 11.7 Å². The van der Waals surface area contributed by atoms with E-state index in [2.05, 4.69) is 38.1 Å². The minimum Gasteiger partial charge on any atom is -0.396 e. The summed E-state index contributed by atoms with van der Waals surface area (Å²) in [6, 6.07) is 8.49. The fourth-order valence-corrected chi connectivity index (χ4v) is 2.09. The Morgan fingerprint density at radius 1 is 1.19 bits per heavy atom. The molecule has 0 saturated heterocycles. The Labute approximate surface area is 99.5 Å². The standard InChI is InChI=1S/C15H24O/c1-3-4-5-9-14(12-16)11-15-10-7-6-8-13(15)2/h6-8,10,14,16H,3-5,9,11-12H2,1-2H3. The fraction of sp³-hybridized carbons (Fsp3) is 0.600. The van der Waals surface area contributed by atoms with Gasteiger partial charge in [-0.05, 0) is 36.8 Å². The minimum atomic E-state index is 0.318. The molecule has 1 atom stereocenters. The molecule has 0 saturated carbocycles. The number of unbranched alkanes of at least 4 members (excludes halogenated alkanes) is 2. The van der Waals surface area contributed by atoms with E-state index in [1.165, 1.54) is 30.4 Å². The maximum Gasteiger partial charge on any atom is 0.0462 e. The van der Waals surface area contributed by atoms with Crippen molar-refractivity contribution < 1.29 is 5.11 Å². The lowest BCUT2D eigenvalue weighted by Crippen LogP contribution is -2.10. The molecule has 1 nitrogen and oxygen atoms in total. The number of hydrogen-bond donors (Lipinski definition) is 1. The largest absolute Gasteiger partial charge is 0.396 e.